The van der Waals surface area contributed by atoms with Crippen LogP contribution >= 0.6 is 0 Å². The van der Waals surface area contributed by atoms with Crippen LogP contribution in [0.25, 0.3) is 18.2 Å². The molecule has 2 aromatic carbocycles. The summed E-state index contributed by atoms with van der Waals surface area (Å²) < 4.78 is 11.4. The predicted molar refractivity (Wildman–Crippen MR) is 139 cm³/mol. The molecule has 0 unspecified atom stereocenters. The Hall–Kier alpha value is -4.18. The number of nitrogens with zero attached hydrogens (tertiary/aromatic N) is 2. The van der Waals surface area contributed by atoms with Crippen LogP contribution in [-0.2, 0) is 13.0 Å². The molecule has 168 valence electrons. The Bertz CT molecular complexity index is 1330. The van der Waals surface area contributed by atoms with E-state index in [2.05, 4.69) is 58.6 Å². The lowest BCUT2D eigenvalue weighted by atomic mass is 10.0. The van der Waals surface area contributed by atoms with Gasteiger partial charge in [-0.2, -0.15) is 0 Å². The van der Waals surface area contributed by atoms with Gasteiger partial charge >= 0.3 is 0 Å². The average molecular weight is 447 g/mol. The van der Waals surface area contributed by atoms with E-state index in [1.807, 2.05) is 48.6 Å². The number of rotatable bonds is 8. The third kappa shape index (κ3) is 5.41. The van der Waals surface area contributed by atoms with Gasteiger partial charge in [0.2, 0.25) is 0 Å². The van der Waals surface area contributed by atoms with E-state index in [9.17, 15) is 0 Å². The first kappa shape index (κ1) is 21.7. The molecule has 0 radical (unpaired) electrons. The van der Waals surface area contributed by atoms with Crippen LogP contribution in [0.5, 0.6) is 11.5 Å². The first-order chi connectivity index (χ1) is 16.7. The molecular weight excluding hydrogens is 420 g/mol. The van der Waals surface area contributed by atoms with E-state index in [-0.39, 0.29) is 0 Å². The van der Waals surface area contributed by atoms with Crippen molar-refractivity contribution in [1.82, 2.24) is 4.98 Å². The Morgan fingerprint density at radius 3 is 2.71 bits per heavy atom. The Morgan fingerprint density at radius 1 is 0.912 bits per heavy atom. The Morgan fingerprint density at radius 2 is 1.82 bits per heavy atom. The van der Waals surface area contributed by atoms with Gasteiger partial charge in [-0.25, -0.2) is 0 Å². The second-order valence-corrected chi connectivity index (χ2v) is 8.24. The van der Waals surface area contributed by atoms with E-state index in [1.165, 1.54) is 22.3 Å². The third-order valence-electron chi connectivity index (χ3n) is 5.77. The Labute approximate surface area is 200 Å². The number of methoxy groups -OCH3 is 1. The highest BCUT2D eigenvalue weighted by Crippen LogP contribution is 2.25. The molecule has 0 bridgehead atoms. The fourth-order valence-corrected chi connectivity index (χ4v) is 3.96. The number of fused-ring (bicyclic) bond motifs is 1. The minimum Gasteiger partial charge on any atom is -0.497 e. The molecule has 2 heterocycles. The number of benzene rings is 2. The molecule has 3 aromatic rings. The monoisotopic (exact) mass is 446 g/mol. The highest BCUT2D eigenvalue weighted by Gasteiger charge is 2.07. The van der Waals surface area contributed by atoms with Crippen molar-refractivity contribution >= 4 is 23.9 Å². The fourth-order valence-electron chi connectivity index (χ4n) is 3.96. The van der Waals surface area contributed by atoms with E-state index in [1.54, 1.807) is 13.3 Å². The molecule has 2 aliphatic rings. The molecule has 1 aromatic heterocycles. The number of aliphatic imine (C=N–C) groups is 1. The van der Waals surface area contributed by atoms with Crippen LogP contribution in [0.1, 0.15) is 27.9 Å². The SMILES string of the molecule is COc1cc(/C=C/C2=NCC(/C=C/c3ccc4c(c3)CC=C4)=C2)cc(OCc2ccccn2)c1. The van der Waals surface area contributed by atoms with E-state index in [0.29, 0.717) is 13.2 Å². The van der Waals surface area contributed by atoms with Gasteiger partial charge in [-0.3, -0.25) is 9.98 Å². The molecule has 0 saturated carbocycles. The van der Waals surface area contributed by atoms with Crippen molar-refractivity contribution in [1.29, 1.82) is 0 Å². The van der Waals surface area contributed by atoms with Crippen molar-refractivity contribution in [3.8, 4) is 11.5 Å². The lowest BCUT2D eigenvalue weighted by Crippen LogP contribution is -1.98. The average Bonchev–Trinajstić information content (AvgIpc) is 3.54. The molecule has 34 heavy (non-hydrogen) atoms. The number of aromatic nitrogens is 1. The van der Waals surface area contributed by atoms with Crippen LogP contribution in [-0.4, -0.2) is 24.4 Å². The second kappa shape index (κ2) is 10.2. The quantitative estimate of drug-likeness (QED) is 0.405. The topological polar surface area (TPSA) is 43.7 Å². The maximum atomic E-state index is 5.93. The molecule has 1 aliphatic heterocycles. The van der Waals surface area contributed by atoms with Gasteiger partial charge in [0, 0.05) is 12.3 Å². The van der Waals surface area contributed by atoms with Crippen LogP contribution in [0.4, 0.5) is 0 Å². The van der Waals surface area contributed by atoms with Crippen LogP contribution < -0.4 is 9.47 Å². The number of allylic oxidation sites excluding steroid dienone is 3. The van der Waals surface area contributed by atoms with E-state index >= 15 is 0 Å². The van der Waals surface area contributed by atoms with Gasteiger partial charge < -0.3 is 9.47 Å². The minimum atomic E-state index is 0.406. The van der Waals surface area contributed by atoms with Gasteiger partial charge in [0.1, 0.15) is 18.1 Å². The molecule has 0 fully saturated rings. The van der Waals surface area contributed by atoms with Crippen LogP contribution in [0, 0.1) is 0 Å². The van der Waals surface area contributed by atoms with E-state index in [0.717, 1.165) is 34.9 Å². The van der Waals surface area contributed by atoms with Gasteiger partial charge in [0.25, 0.3) is 0 Å². The largest absolute Gasteiger partial charge is 0.497 e. The molecule has 0 saturated heterocycles. The number of hydrogen-bond donors (Lipinski definition) is 0. The van der Waals surface area contributed by atoms with Crippen molar-refractivity contribution in [3.05, 3.63) is 119 Å². The van der Waals surface area contributed by atoms with Gasteiger partial charge in [-0.05, 0) is 70.7 Å². The van der Waals surface area contributed by atoms with Crippen molar-refractivity contribution in [2.75, 3.05) is 13.7 Å². The lowest BCUT2D eigenvalue weighted by molar-refractivity contribution is 0.299. The van der Waals surface area contributed by atoms with Crippen molar-refractivity contribution in [2.45, 2.75) is 13.0 Å². The summed E-state index contributed by atoms with van der Waals surface area (Å²) in [6, 6.07) is 18.3. The summed E-state index contributed by atoms with van der Waals surface area (Å²) in [7, 11) is 1.66. The molecule has 4 heteroatoms. The normalized spacial score (nSPS) is 14.5. The zero-order valence-electron chi connectivity index (χ0n) is 19.1. The van der Waals surface area contributed by atoms with Gasteiger partial charge in [0.05, 0.1) is 25.1 Å². The highest BCUT2D eigenvalue weighted by atomic mass is 16.5. The first-order valence-electron chi connectivity index (χ1n) is 11.4. The summed E-state index contributed by atoms with van der Waals surface area (Å²) in [5.74, 6) is 1.48. The Balaban J connectivity index is 1.23. The summed E-state index contributed by atoms with van der Waals surface area (Å²) in [5.41, 5.74) is 7.97. The van der Waals surface area contributed by atoms with Gasteiger partial charge in [-0.15, -0.1) is 0 Å². The number of pyridine rings is 1. The standard InChI is InChI=1S/C30H26N2O2/c1-33-29-17-23(18-30(19-29)34-21-28-7-2-3-14-31-28)11-13-27-16-24(20-32-27)9-8-22-10-12-25-5-4-6-26(25)15-22/h2-5,7-19H,6,20-21H2,1H3/b9-8+,13-11+. The lowest BCUT2D eigenvalue weighted by Gasteiger charge is -2.09. The summed E-state index contributed by atoms with van der Waals surface area (Å²) in [6.07, 6.45) is 17.7. The summed E-state index contributed by atoms with van der Waals surface area (Å²) in [4.78, 5) is 8.95. The maximum absolute atomic E-state index is 5.93. The van der Waals surface area contributed by atoms with Crippen molar-refractivity contribution < 1.29 is 9.47 Å². The highest BCUT2D eigenvalue weighted by molar-refractivity contribution is 6.08. The number of ether oxygens (including phenoxy) is 2. The molecule has 1 aliphatic carbocycles. The molecule has 0 atom stereocenters. The first-order valence-corrected chi connectivity index (χ1v) is 11.4. The minimum absolute atomic E-state index is 0.406. The molecule has 5 rings (SSSR count). The van der Waals surface area contributed by atoms with Crippen LogP contribution in [0.2, 0.25) is 0 Å². The molecule has 0 N–H and O–H groups in total. The second-order valence-electron chi connectivity index (χ2n) is 8.24. The third-order valence-corrected chi connectivity index (χ3v) is 5.77. The summed E-state index contributed by atoms with van der Waals surface area (Å²) in [6.45, 7) is 1.10. The zero-order valence-corrected chi connectivity index (χ0v) is 19.1. The van der Waals surface area contributed by atoms with Crippen molar-refractivity contribution in [3.63, 3.8) is 0 Å². The molecule has 0 spiro atoms. The number of hydrogen-bond acceptors (Lipinski definition) is 4. The maximum Gasteiger partial charge on any atom is 0.130 e. The predicted octanol–water partition coefficient (Wildman–Crippen LogP) is 6.35. The Kier molecular flexibility index (Phi) is 6.48. The summed E-state index contributed by atoms with van der Waals surface area (Å²) >= 11 is 0. The zero-order chi connectivity index (χ0) is 23.2. The van der Waals surface area contributed by atoms with E-state index < -0.39 is 0 Å². The smallest absolute Gasteiger partial charge is 0.130 e. The summed E-state index contributed by atoms with van der Waals surface area (Å²) in [5, 5.41) is 0. The van der Waals surface area contributed by atoms with Crippen LogP contribution in [0.15, 0.2) is 95.7 Å². The van der Waals surface area contributed by atoms with Crippen LogP contribution in [0.3, 0.4) is 0 Å². The van der Waals surface area contributed by atoms with E-state index in [4.69, 9.17) is 9.47 Å². The van der Waals surface area contributed by atoms with Gasteiger partial charge in [-0.1, -0.05) is 54.6 Å². The molecule has 4 nitrogen and oxygen atoms in total. The fraction of sp³-hybridized carbons (Fsp3) is 0.133. The molecular formula is C30H26N2O2. The molecule has 0 amide bonds. The van der Waals surface area contributed by atoms with Crippen molar-refractivity contribution in [2.24, 2.45) is 4.99 Å². The van der Waals surface area contributed by atoms with Gasteiger partial charge in [0.15, 0.2) is 0 Å².